The number of fused-ring (bicyclic) bond motifs is 2. The molecule has 0 unspecified atom stereocenters. The van der Waals surface area contributed by atoms with Gasteiger partial charge in [0, 0.05) is 50.1 Å². The number of nitrogens with one attached hydrogen (secondary N) is 1. The van der Waals surface area contributed by atoms with Crippen molar-refractivity contribution in [2.45, 2.75) is 31.1 Å². The highest BCUT2D eigenvalue weighted by Crippen LogP contribution is 2.40. The first kappa shape index (κ1) is 18.3. The molecule has 9 nitrogen and oxygen atoms in total. The smallest absolute Gasteiger partial charge is 0.321 e. The Morgan fingerprint density at radius 1 is 1.36 bits per heavy atom. The number of anilines is 1. The minimum atomic E-state index is -0.700. The second-order valence-electron chi connectivity index (χ2n) is 7.06. The van der Waals surface area contributed by atoms with E-state index in [0.717, 1.165) is 5.82 Å². The zero-order valence-corrected chi connectivity index (χ0v) is 15.6. The Hall–Kier alpha value is -3.07. The Labute approximate surface area is 162 Å². The number of hydrogen-bond acceptors (Lipinski definition) is 5. The quantitative estimate of drug-likeness (QED) is 0.827. The topological polar surface area (TPSA) is 112 Å². The summed E-state index contributed by atoms with van der Waals surface area (Å²) >= 11 is 0. The summed E-state index contributed by atoms with van der Waals surface area (Å²) in [7, 11) is 1.58. The van der Waals surface area contributed by atoms with Gasteiger partial charge in [0.25, 0.3) is 0 Å². The molecule has 1 fully saturated rings. The summed E-state index contributed by atoms with van der Waals surface area (Å²) in [6.45, 7) is 1.33. The Morgan fingerprint density at radius 2 is 2.14 bits per heavy atom. The Bertz CT molecular complexity index is 888. The number of urea groups is 1. The molecule has 1 spiro atoms. The van der Waals surface area contributed by atoms with Crippen LogP contribution >= 0.6 is 0 Å². The van der Waals surface area contributed by atoms with Gasteiger partial charge in [-0.15, -0.1) is 0 Å². The van der Waals surface area contributed by atoms with E-state index >= 15 is 0 Å². The molecule has 4 rings (SSSR count). The minimum Gasteiger partial charge on any atom is -0.497 e. The van der Waals surface area contributed by atoms with Crippen LogP contribution in [0.2, 0.25) is 0 Å². The summed E-state index contributed by atoms with van der Waals surface area (Å²) in [5.74, 6) is 0.977. The number of nitrogens with zero attached hydrogens (tertiary/aromatic N) is 3. The van der Waals surface area contributed by atoms with Gasteiger partial charge in [-0.1, -0.05) is 6.07 Å². The average molecular weight is 385 g/mol. The first-order valence-corrected chi connectivity index (χ1v) is 9.19. The van der Waals surface area contributed by atoms with Crippen LogP contribution in [0, 0.1) is 0 Å². The van der Waals surface area contributed by atoms with Crippen molar-refractivity contribution >= 4 is 17.6 Å². The van der Waals surface area contributed by atoms with Crippen molar-refractivity contribution in [3.63, 3.8) is 0 Å². The molecule has 0 bridgehead atoms. The van der Waals surface area contributed by atoms with Gasteiger partial charge in [-0.3, -0.25) is 4.79 Å². The number of primary amides is 1. The van der Waals surface area contributed by atoms with Crippen LogP contribution in [0.3, 0.4) is 0 Å². The molecule has 3 amide bonds. The molecule has 2 aliphatic heterocycles. The number of imidazole rings is 1. The lowest BCUT2D eigenvalue weighted by Gasteiger charge is -2.45. The maximum atomic E-state index is 12.6. The molecule has 28 heavy (non-hydrogen) atoms. The van der Waals surface area contributed by atoms with Gasteiger partial charge >= 0.3 is 6.03 Å². The molecule has 9 heteroatoms. The fraction of sp³-hybridized carbons (Fsp3) is 0.421. The van der Waals surface area contributed by atoms with Crippen molar-refractivity contribution in [3.8, 4) is 5.75 Å². The van der Waals surface area contributed by atoms with Gasteiger partial charge in [0.1, 0.15) is 17.2 Å². The first-order valence-electron chi connectivity index (χ1n) is 9.19. The van der Waals surface area contributed by atoms with E-state index in [1.807, 2.05) is 29.0 Å². The molecule has 1 atom stereocenters. The summed E-state index contributed by atoms with van der Waals surface area (Å²) in [5.41, 5.74) is 5.45. The molecule has 1 aromatic carbocycles. The SMILES string of the molecule is COc1cccc(NC(=O)N2CCC3(CC2)O[C@@H](C(N)=O)Cn2ccnc23)c1. The van der Waals surface area contributed by atoms with Crippen LogP contribution in [0.4, 0.5) is 10.5 Å². The summed E-state index contributed by atoms with van der Waals surface area (Å²) < 4.78 is 13.2. The van der Waals surface area contributed by atoms with Gasteiger partial charge in [-0.2, -0.15) is 0 Å². The molecular weight excluding hydrogens is 362 g/mol. The highest BCUT2D eigenvalue weighted by atomic mass is 16.5. The minimum absolute atomic E-state index is 0.186. The van der Waals surface area contributed by atoms with Gasteiger partial charge in [0.05, 0.1) is 13.7 Å². The average Bonchev–Trinajstić information content (AvgIpc) is 3.18. The number of methoxy groups -OCH3 is 1. The van der Waals surface area contributed by atoms with Crippen LogP contribution < -0.4 is 15.8 Å². The molecule has 2 aromatic rings. The van der Waals surface area contributed by atoms with E-state index in [9.17, 15) is 9.59 Å². The third-order valence-electron chi connectivity index (χ3n) is 5.35. The number of carbonyl (C=O) groups excluding carboxylic acids is 2. The van der Waals surface area contributed by atoms with E-state index in [2.05, 4.69) is 10.3 Å². The van der Waals surface area contributed by atoms with E-state index in [1.165, 1.54) is 0 Å². The van der Waals surface area contributed by atoms with Gasteiger partial charge < -0.3 is 30.0 Å². The highest BCUT2D eigenvalue weighted by molar-refractivity contribution is 5.89. The maximum absolute atomic E-state index is 12.6. The van der Waals surface area contributed by atoms with Gasteiger partial charge in [-0.25, -0.2) is 9.78 Å². The number of nitrogens with two attached hydrogens (primary N) is 1. The normalized spacial score (nSPS) is 20.5. The molecule has 0 saturated carbocycles. The van der Waals surface area contributed by atoms with Crippen molar-refractivity contribution in [2.24, 2.45) is 5.73 Å². The summed E-state index contributed by atoms with van der Waals surface area (Å²) in [6.07, 6.45) is 3.92. The molecule has 0 aliphatic carbocycles. The van der Waals surface area contributed by atoms with Crippen LogP contribution in [0.15, 0.2) is 36.7 Å². The van der Waals surface area contributed by atoms with Gasteiger partial charge in [0.15, 0.2) is 6.10 Å². The van der Waals surface area contributed by atoms with E-state index in [1.54, 1.807) is 24.3 Å². The Morgan fingerprint density at radius 3 is 2.86 bits per heavy atom. The number of hydrogen-bond donors (Lipinski definition) is 2. The van der Waals surface area contributed by atoms with E-state index in [-0.39, 0.29) is 6.03 Å². The van der Waals surface area contributed by atoms with Crippen molar-refractivity contribution in [3.05, 3.63) is 42.5 Å². The second-order valence-corrected chi connectivity index (χ2v) is 7.06. The number of likely N-dealkylation sites (tertiary alicyclic amines) is 1. The second kappa shape index (κ2) is 7.16. The van der Waals surface area contributed by atoms with E-state index in [4.69, 9.17) is 15.2 Å². The van der Waals surface area contributed by atoms with Crippen LogP contribution in [0.1, 0.15) is 18.7 Å². The monoisotopic (exact) mass is 385 g/mol. The number of ether oxygens (including phenoxy) is 2. The van der Waals surface area contributed by atoms with Gasteiger partial charge in [0.2, 0.25) is 5.91 Å². The standard InChI is InChI=1S/C19H23N5O4/c1-27-14-4-2-3-13(11-14)22-18(26)23-8-5-19(6-9-23)17-21-7-10-24(17)12-15(28-19)16(20)25/h2-4,7,10-11,15H,5-6,8-9,12H2,1H3,(H2,20,25)(H,22,26)/t15-/m1/s1. The number of amides is 3. The lowest BCUT2D eigenvalue weighted by molar-refractivity contribution is -0.169. The number of benzene rings is 1. The van der Waals surface area contributed by atoms with Crippen LogP contribution in [0.25, 0.3) is 0 Å². The lowest BCUT2D eigenvalue weighted by atomic mass is 9.88. The van der Waals surface area contributed by atoms with Crippen molar-refractivity contribution in [2.75, 3.05) is 25.5 Å². The molecule has 1 aromatic heterocycles. The third-order valence-corrected chi connectivity index (χ3v) is 5.35. The van der Waals surface area contributed by atoms with Crippen molar-refractivity contribution in [1.82, 2.24) is 14.5 Å². The Kier molecular flexibility index (Phi) is 4.68. The zero-order valence-electron chi connectivity index (χ0n) is 15.6. The van der Waals surface area contributed by atoms with Crippen molar-refractivity contribution in [1.29, 1.82) is 0 Å². The number of carbonyl (C=O) groups is 2. The lowest BCUT2D eigenvalue weighted by Crippen LogP contribution is -2.54. The number of piperidine rings is 1. The summed E-state index contributed by atoms with van der Waals surface area (Å²) in [5, 5.41) is 2.89. The van der Waals surface area contributed by atoms with Crippen molar-refractivity contribution < 1.29 is 19.1 Å². The van der Waals surface area contributed by atoms with Crippen LogP contribution in [-0.2, 0) is 21.7 Å². The Balaban J connectivity index is 1.45. The van der Waals surface area contributed by atoms with E-state index < -0.39 is 17.6 Å². The molecule has 3 heterocycles. The number of rotatable bonds is 3. The molecule has 2 aliphatic rings. The predicted molar refractivity (Wildman–Crippen MR) is 101 cm³/mol. The number of aromatic nitrogens is 2. The summed E-state index contributed by atoms with van der Waals surface area (Å²) in [4.78, 5) is 30.5. The molecule has 0 radical (unpaired) electrons. The van der Waals surface area contributed by atoms with E-state index in [0.29, 0.717) is 43.9 Å². The molecule has 1 saturated heterocycles. The first-order chi connectivity index (χ1) is 13.5. The fourth-order valence-electron chi connectivity index (χ4n) is 3.86. The van der Waals surface area contributed by atoms with Gasteiger partial charge in [-0.05, 0) is 12.1 Å². The fourth-order valence-corrected chi connectivity index (χ4v) is 3.86. The molecule has 148 valence electrons. The molecular formula is C19H23N5O4. The third kappa shape index (κ3) is 3.29. The summed E-state index contributed by atoms with van der Waals surface area (Å²) in [6, 6.07) is 7.03. The van der Waals surface area contributed by atoms with Crippen LogP contribution in [0.5, 0.6) is 5.75 Å². The maximum Gasteiger partial charge on any atom is 0.321 e. The predicted octanol–water partition coefficient (Wildman–Crippen LogP) is 1.30. The largest absolute Gasteiger partial charge is 0.497 e. The zero-order chi connectivity index (χ0) is 19.7. The highest BCUT2D eigenvalue weighted by Gasteiger charge is 2.47. The van der Waals surface area contributed by atoms with Crippen LogP contribution in [-0.4, -0.2) is 52.7 Å². The molecule has 3 N–H and O–H groups in total.